The Morgan fingerprint density at radius 3 is 2.85 bits per heavy atom. The third kappa shape index (κ3) is 3.90. The number of carbonyl (C=O) groups excluding carboxylic acids is 1. The summed E-state index contributed by atoms with van der Waals surface area (Å²) >= 11 is 1.73. The first-order chi connectivity index (χ1) is 9.58. The van der Waals surface area contributed by atoms with E-state index in [1.165, 1.54) is 0 Å². The van der Waals surface area contributed by atoms with E-state index in [0.717, 1.165) is 37.3 Å². The monoisotopic (exact) mass is 294 g/mol. The van der Waals surface area contributed by atoms with E-state index in [4.69, 9.17) is 10.5 Å². The Morgan fingerprint density at radius 1 is 1.45 bits per heavy atom. The van der Waals surface area contributed by atoms with Gasteiger partial charge in [-0.25, -0.2) is 0 Å². The Labute approximate surface area is 124 Å². The smallest absolute Gasteiger partial charge is 0.237 e. The topological polar surface area (TPSA) is 64.3 Å². The second-order valence-electron chi connectivity index (χ2n) is 5.10. The Balaban J connectivity index is 1.91. The fourth-order valence-electron chi connectivity index (χ4n) is 2.19. The lowest BCUT2D eigenvalue weighted by atomic mass is 10.1. The number of benzene rings is 1. The molecule has 1 aliphatic heterocycles. The number of nitrogens with two attached hydrogens (primary N) is 1. The highest BCUT2D eigenvalue weighted by atomic mass is 32.2. The molecule has 1 aromatic rings. The number of hydrogen-bond donors (Lipinski definition) is 2. The molecule has 110 valence electrons. The van der Waals surface area contributed by atoms with Crippen molar-refractivity contribution in [3.63, 3.8) is 0 Å². The quantitative estimate of drug-likeness (QED) is 0.838. The van der Waals surface area contributed by atoms with E-state index in [2.05, 4.69) is 5.32 Å². The first-order valence-corrected chi connectivity index (χ1v) is 7.91. The zero-order chi connectivity index (χ0) is 14.5. The van der Waals surface area contributed by atoms with E-state index >= 15 is 0 Å². The van der Waals surface area contributed by atoms with Crippen LogP contribution in [0.5, 0.6) is 0 Å². The van der Waals surface area contributed by atoms with Gasteiger partial charge in [0.2, 0.25) is 5.91 Å². The fourth-order valence-corrected chi connectivity index (χ4v) is 3.41. The number of rotatable bonds is 4. The molecule has 0 aliphatic carbocycles. The van der Waals surface area contributed by atoms with Gasteiger partial charge < -0.3 is 15.8 Å². The minimum atomic E-state index is -0.0704. The predicted octanol–water partition coefficient (Wildman–Crippen LogP) is 2.82. The average Bonchev–Trinajstić information content (AvgIpc) is 2.45. The second kappa shape index (κ2) is 6.99. The minimum Gasteiger partial charge on any atom is -0.398 e. The molecule has 1 heterocycles. The standard InChI is InChI=1S/C15H22N2O2S/c1-10-13(16)4-3-5-14(10)17-15(18)11(2)20-12-6-8-19-9-7-12/h3-5,11-12H,6-9,16H2,1-2H3,(H,17,18). The third-order valence-electron chi connectivity index (χ3n) is 3.57. The molecule has 1 saturated heterocycles. The maximum atomic E-state index is 12.2. The molecule has 1 unspecified atom stereocenters. The zero-order valence-electron chi connectivity index (χ0n) is 12.0. The van der Waals surface area contributed by atoms with Gasteiger partial charge in [0.05, 0.1) is 5.25 Å². The van der Waals surface area contributed by atoms with Crippen molar-refractivity contribution in [3.05, 3.63) is 23.8 Å². The van der Waals surface area contributed by atoms with E-state index in [-0.39, 0.29) is 11.2 Å². The molecule has 0 bridgehead atoms. The van der Waals surface area contributed by atoms with Gasteiger partial charge in [-0.3, -0.25) is 4.79 Å². The van der Waals surface area contributed by atoms with Gasteiger partial charge in [-0.15, -0.1) is 11.8 Å². The van der Waals surface area contributed by atoms with Gasteiger partial charge in [0.1, 0.15) is 0 Å². The summed E-state index contributed by atoms with van der Waals surface area (Å²) in [7, 11) is 0. The number of hydrogen-bond acceptors (Lipinski definition) is 4. The van der Waals surface area contributed by atoms with Crippen LogP contribution in [0.1, 0.15) is 25.3 Å². The normalized spacial score (nSPS) is 17.7. The molecule has 1 fully saturated rings. The van der Waals surface area contributed by atoms with Crippen LogP contribution in [0.25, 0.3) is 0 Å². The highest BCUT2D eigenvalue weighted by Gasteiger charge is 2.22. The van der Waals surface area contributed by atoms with Gasteiger partial charge in [0.15, 0.2) is 0 Å². The number of ether oxygens (including phenoxy) is 1. The van der Waals surface area contributed by atoms with E-state index in [1.54, 1.807) is 11.8 Å². The molecule has 4 nitrogen and oxygen atoms in total. The molecule has 5 heteroatoms. The van der Waals surface area contributed by atoms with Crippen LogP contribution in [0.3, 0.4) is 0 Å². The Bertz CT molecular complexity index is 473. The summed E-state index contributed by atoms with van der Waals surface area (Å²) in [5.74, 6) is 0.0372. The number of nitrogen functional groups attached to an aromatic ring is 1. The molecule has 0 aromatic heterocycles. The first-order valence-electron chi connectivity index (χ1n) is 6.97. The van der Waals surface area contributed by atoms with Gasteiger partial charge >= 0.3 is 0 Å². The fraction of sp³-hybridized carbons (Fsp3) is 0.533. The van der Waals surface area contributed by atoms with Crippen molar-refractivity contribution in [1.29, 1.82) is 0 Å². The summed E-state index contributed by atoms with van der Waals surface area (Å²) in [4.78, 5) is 12.2. The molecule has 2 rings (SSSR count). The van der Waals surface area contributed by atoms with E-state index in [9.17, 15) is 4.79 Å². The van der Waals surface area contributed by atoms with E-state index in [1.807, 2.05) is 32.0 Å². The summed E-state index contributed by atoms with van der Waals surface area (Å²) in [6.07, 6.45) is 2.05. The summed E-state index contributed by atoms with van der Waals surface area (Å²) in [6.45, 7) is 5.49. The number of amides is 1. The van der Waals surface area contributed by atoms with Crippen molar-refractivity contribution in [2.45, 2.75) is 37.2 Å². The lowest BCUT2D eigenvalue weighted by Crippen LogP contribution is -2.27. The van der Waals surface area contributed by atoms with Crippen molar-refractivity contribution in [3.8, 4) is 0 Å². The van der Waals surface area contributed by atoms with Gasteiger partial charge in [0.25, 0.3) is 0 Å². The van der Waals surface area contributed by atoms with Crippen molar-refractivity contribution in [2.24, 2.45) is 0 Å². The number of carbonyl (C=O) groups is 1. The lowest BCUT2D eigenvalue weighted by molar-refractivity contribution is -0.115. The summed E-state index contributed by atoms with van der Waals surface area (Å²) < 4.78 is 5.34. The van der Waals surface area contributed by atoms with Crippen molar-refractivity contribution in [2.75, 3.05) is 24.3 Å². The molecule has 1 amide bonds. The molecule has 0 spiro atoms. The highest BCUT2D eigenvalue weighted by molar-refractivity contribution is 8.01. The summed E-state index contributed by atoms with van der Waals surface area (Å²) in [6, 6.07) is 5.58. The Morgan fingerprint density at radius 2 is 2.15 bits per heavy atom. The zero-order valence-corrected chi connectivity index (χ0v) is 12.8. The number of anilines is 2. The number of nitrogens with one attached hydrogen (secondary N) is 1. The van der Waals surface area contributed by atoms with Crippen molar-refractivity contribution in [1.82, 2.24) is 0 Å². The van der Waals surface area contributed by atoms with Crippen LogP contribution in [0.15, 0.2) is 18.2 Å². The Kier molecular flexibility index (Phi) is 5.31. The average molecular weight is 294 g/mol. The molecule has 20 heavy (non-hydrogen) atoms. The number of thioether (sulfide) groups is 1. The molecule has 1 atom stereocenters. The SMILES string of the molecule is Cc1c(N)cccc1NC(=O)C(C)SC1CCOCC1. The van der Waals surface area contributed by atoms with Crippen LogP contribution in [0.4, 0.5) is 11.4 Å². The molecule has 1 aromatic carbocycles. The van der Waals surface area contributed by atoms with Crippen LogP contribution in [-0.2, 0) is 9.53 Å². The van der Waals surface area contributed by atoms with Crippen molar-refractivity contribution >= 4 is 29.0 Å². The van der Waals surface area contributed by atoms with Gasteiger partial charge in [-0.05, 0) is 44.4 Å². The van der Waals surface area contributed by atoms with Crippen LogP contribution in [0, 0.1) is 6.92 Å². The molecular weight excluding hydrogens is 272 g/mol. The van der Waals surface area contributed by atoms with Crippen LogP contribution < -0.4 is 11.1 Å². The summed E-state index contributed by atoms with van der Waals surface area (Å²) in [5, 5.41) is 3.42. The molecular formula is C15H22N2O2S. The second-order valence-corrected chi connectivity index (χ2v) is 6.75. The van der Waals surface area contributed by atoms with Gasteiger partial charge in [0, 0.05) is 29.8 Å². The van der Waals surface area contributed by atoms with E-state index in [0.29, 0.717) is 10.9 Å². The highest BCUT2D eigenvalue weighted by Crippen LogP contribution is 2.27. The summed E-state index contributed by atoms with van der Waals surface area (Å²) in [5.41, 5.74) is 8.27. The molecule has 3 N–H and O–H groups in total. The Hall–Kier alpha value is -1.20. The van der Waals surface area contributed by atoms with Gasteiger partial charge in [-0.2, -0.15) is 0 Å². The van der Waals surface area contributed by atoms with Gasteiger partial charge in [-0.1, -0.05) is 6.07 Å². The van der Waals surface area contributed by atoms with Crippen LogP contribution in [0.2, 0.25) is 0 Å². The minimum absolute atomic E-state index is 0.0372. The molecule has 1 aliphatic rings. The molecule has 0 radical (unpaired) electrons. The van der Waals surface area contributed by atoms with Crippen LogP contribution in [-0.4, -0.2) is 29.6 Å². The van der Waals surface area contributed by atoms with E-state index < -0.39 is 0 Å². The largest absolute Gasteiger partial charge is 0.398 e. The maximum Gasteiger partial charge on any atom is 0.237 e. The first kappa shape index (κ1) is 15.2. The lowest BCUT2D eigenvalue weighted by Gasteiger charge is -2.24. The van der Waals surface area contributed by atoms with Crippen molar-refractivity contribution < 1.29 is 9.53 Å². The maximum absolute atomic E-state index is 12.2. The predicted molar refractivity (Wildman–Crippen MR) is 85.1 cm³/mol. The molecule has 0 saturated carbocycles. The third-order valence-corrected chi connectivity index (χ3v) is 5.05. The van der Waals surface area contributed by atoms with Crippen LogP contribution >= 0.6 is 11.8 Å².